The van der Waals surface area contributed by atoms with Crippen LogP contribution < -0.4 is 15.2 Å². The fourth-order valence-electron chi connectivity index (χ4n) is 1.92. The number of aromatic nitrogens is 3. The van der Waals surface area contributed by atoms with Gasteiger partial charge >= 0.3 is 16.1 Å². The minimum absolute atomic E-state index is 0.0264. The number of nitrogens with zero attached hydrogens (tertiary/aromatic N) is 3. The van der Waals surface area contributed by atoms with E-state index in [1.807, 2.05) is 17.0 Å². The van der Waals surface area contributed by atoms with Crippen LogP contribution in [0.1, 0.15) is 22.0 Å². The van der Waals surface area contributed by atoms with Gasteiger partial charge in [-0.15, -0.1) is 0 Å². The Kier molecular flexibility index (Phi) is 8.81. The summed E-state index contributed by atoms with van der Waals surface area (Å²) in [5, 5.41) is 0. The molecule has 2 aromatic heterocycles. The van der Waals surface area contributed by atoms with Crippen LogP contribution in [0.3, 0.4) is 0 Å². The summed E-state index contributed by atoms with van der Waals surface area (Å²) in [5.41, 5.74) is 9.65. The summed E-state index contributed by atoms with van der Waals surface area (Å²) >= 11 is 1.50. The Bertz CT molecular complexity index is 807. The summed E-state index contributed by atoms with van der Waals surface area (Å²) in [6.07, 6.45) is 2.15. The van der Waals surface area contributed by atoms with Crippen LogP contribution in [0.4, 0.5) is 5.82 Å². The predicted octanol–water partition coefficient (Wildman–Crippen LogP) is -0.279. The van der Waals surface area contributed by atoms with Crippen LogP contribution >= 0.6 is 27.4 Å². The molecule has 0 fully saturated rings. The van der Waals surface area contributed by atoms with Gasteiger partial charge in [-0.2, -0.15) is 9.46 Å². The van der Waals surface area contributed by atoms with E-state index in [1.165, 1.54) is 11.3 Å². The van der Waals surface area contributed by atoms with Crippen molar-refractivity contribution in [2.75, 3.05) is 12.3 Å². The van der Waals surface area contributed by atoms with E-state index in [9.17, 15) is 4.57 Å². The van der Waals surface area contributed by atoms with Crippen molar-refractivity contribution >= 4 is 33.2 Å². The van der Waals surface area contributed by atoms with Gasteiger partial charge in [-0.3, -0.25) is 4.52 Å². The number of hydrogen-bond acceptors (Lipinski definition) is 8. The SMILES string of the molecule is Cc1ncc(C[n+]2csc(CCOP(=O)(O)O)c2C)c(N)n1.O=[P+]([O-])O. The fourth-order valence-corrected chi connectivity index (χ4v) is 3.23. The predicted molar refractivity (Wildman–Crippen MR) is 91.1 cm³/mol. The number of nitrogen functional groups attached to an aromatic ring is 1. The van der Waals surface area contributed by atoms with Crippen molar-refractivity contribution in [1.29, 1.82) is 0 Å². The summed E-state index contributed by atoms with van der Waals surface area (Å²) < 4.78 is 25.7. The third-order valence-corrected chi connectivity index (χ3v) is 4.77. The van der Waals surface area contributed by atoms with Crippen molar-refractivity contribution < 1.29 is 37.8 Å². The lowest BCUT2D eigenvalue weighted by atomic mass is 10.2. The van der Waals surface area contributed by atoms with Crippen molar-refractivity contribution in [3.63, 3.8) is 0 Å². The maximum Gasteiger partial charge on any atom is 0.485 e. The van der Waals surface area contributed by atoms with Gasteiger partial charge in [-0.1, -0.05) is 11.3 Å². The van der Waals surface area contributed by atoms with Gasteiger partial charge in [-0.25, -0.2) is 14.5 Å². The Morgan fingerprint density at radius 2 is 2.08 bits per heavy atom. The largest absolute Gasteiger partial charge is 0.567 e. The van der Waals surface area contributed by atoms with E-state index in [2.05, 4.69) is 14.5 Å². The molecule has 11 nitrogen and oxygen atoms in total. The second kappa shape index (κ2) is 10.1. The minimum Gasteiger partial charge on any atom is -0.567 e. The van der Waals surface area contributed by atoms with Crippen LogP contribution in [0.15, 0.2) is 11.7 Å². The molecule has 144 valence electrons. The smallest absolute Gasteiger partial charge is 0.485 e. The first kappa shape index (κ1) is 22.7. The van der Waals surface area contributed by atoms with Crippen molar-refractivity contribution in [2.45, 2.75) is 26.8 Å². The molecule has 0 spiro atoms. The van der Waals surface area contributed by atoms with Crippen molar-refractivity contribution in [2.24, 2.45) is 0 Å². The molecule has 1 unspecified atom stereocenters. The van der Waals surface area contributed by atoms with Gasteiger partial charge in [0.05, 0.1) is 17.0 Å². The molecule has 0 amide bonds. The first-order valence-corrected chi connectivity index (χ1v) is 10.6. The van der Waals surface area contributed by atoms with Crippen molar-refractivity contribution in [1.82, 2.24) is 9.97 Å². The van der Waals surface area contributed by atoms with Crippen LogP contribution in [-0.4, -0.2) is 31.3 Å². The molecule has 5 N–H and O–H groups in total. The quantitative estimate of drug-likeness (QED) is 0.355. The lowest BCUT2D eigenvalue weighted by Gasteiger charge is -2.04. The Morgan fingerprint density at radius 1 is 1.46 bits per heavy atom. The Morgan fingerprint density at radius 3 is 2.62 bits per heavy atom. The zero-order valence-electron chi connectivity index (χ0n) is 14.0. The summed E-state index contributed by atoms with van der Waals surface area (Å²) in [7, 11) is -7.53. The van der Waals surface area contributed by atoms with Gasteiger partial charge in [0, 0.05) is 19.5 Å². The van der Waals surface area contributed by atoms with Crippen LogP contribution in [0.2, 0.25) is 0 Å². The number of phosphoric ester groups is 1. The van der Waals surface area contributed by atoms with E-state index in [4.69, 9.17) is 29.9 Å². The summed E-state index contributed by atoms with van der Waals surface area (Å²) in [6, 6.07) is 0. The van der Waals surface area contributed by atoms with E-state index in [-0.39, 0.29) is 6.61 Å². The van der Waals surface area contributed by atoms with E-state index in [1.54, 1.807) is 13.1 Å². The summed E-state index contributed by atoms with van der Waals surface area (Å²) in [4.78, 5) is 42.2. The lowest BCUT2D eigenvalue weighted by molar-refractivity contribution is -0.689. The molecule has 0 saturated carbocycles. The molecule has 0 bridgehead atoms. The fraction of sp³-hybridized carbons (Fsp3) is 0.417. The summed E-state index contributed by atoms with van der Waals surface area (Å²) in [5.74, 6) is 1.08. The maximum atomic E-state index is 10.7. The third kappa shape index (κ3) is 8.35. The number of aryl methyl sites for hydroxylation is 1. The van der Waals surface area contributed by atoms with Crippen LogP contribution in [-0.2, 0) is 26.6 Å². The highest BCUT2D eigenvalue weighted by Crippen LogP contribution is 2.35. The molecular weight excluding hydrogens is 406 g/mol. The first-order chi connectivity index (χ1) is 12.0. The number of rotatable bonds is 6. The van der Waals surface area contributed by atoms with Gasteiger partial charge in [0.15, 0.2) is 12.2 Å². The molecule has 26 heavy (non-hydrogen) atoms. The number of nitrogens with two attached hydrogens (primary N) is 1. The van der Waals surface area contributed by atoms with E-state index >= 15 is 0 Å². The molecule has 1 atom stereocenters. The Labute approximate surface area is 154 Å². The molecule has 0 aliphatic rings. The van der Waals surface area contributed by atoms with Gasteiger partial charge in [-0.05, 0) is 11.5 Å². The van der Waals surface area contributed by atoms with Crippen molar-refractivity contribution in [3.8, 4) is 0 Å². The molecule has 2 rings (SSSR count). The standard InChI is InChI=1S/C12H17N4O4PS.HO3P/c1-8-11(3-4-20-21(17,18)19)22-7-16(8)6-10-5-14-9(2)15-12(10)13;1-4(2)3/h5,7H,3-4,6H2,1-2H3,(H3-,13,14,15,17,18,19);(H,1,2,3)/p+1. The van der Waals surface area contributed by atoms with Crippen LogP contribution in [0.25, 0.3) is 0 Å². The van der Waals surface area contributed by atoms with Crippen molar-refractivity contribution in [3.05, 3.63) is 33.7 Å². The molecule has 14 heteroatoms. The normalized spacial score (nSPS) is 11.7. The maximum absolute atomic E-state index is 10.7. The molecule has 0 saturated heterocycles. The molecule has 0 aromatic carbocycles. The highest BCUT2D eigenvalue weighted by atomic mass is 32.1. The van der Waals surface area contributed by atoms with E-state index in [0.717, 1.165) is 16.1 Å². The molecule has 0 radical (unpaired) electrons. The zero-order valence-corrected chi connectivity index (χ0v) is 16.6. The van der Waals surface area contributed by atoms with Gasteiger partial charge in [0.1, 0.15) is 11.6 Å². The Balaban J connectivity index is 0.000000765. The van der Waals surface area contributed by atoms with Gasteiger partial charge in [0.25, 0.3) is 0 Å². The van der Waals surface area contributed by atoms with Crippen LogP contribution in [0, 0.1) is 13.8 Å². The molecule has 0 aliphatic carbocycles. The second-order valence-corrected chi connectivity index (χ2v) is 7.65. The zero-order chi connectivity index (χ0) is 19.9. The topological polar surface area (TPSA) is 183 Å². The highest BCUT2D eigenvalue weighted by molar-refractivity contribution is 7.46. The number of anilines is 1. The molecule has 0 aliphatic heterocycles. The third-order valence-electron chi connectivity index (χ3n) is 3.10. The van der Waals surface area contributed by atoms with E-state index in [0.29, 0.717) is 24.6 Å². The summed E-state index contributed by atoms with van der Waals surface area (Å²) in [6.45, 7) is 4.24. The average Bonchev–Trinajstić information content (AvgIpc) is 2.81. The first-order valence-electron chi connectivity index (χ1n) is 7.07. The number of phosphoric acid groups is 1. The number of hydrogen-bond donors (Lipinski definition) is 4. The second-order valence-electron chi connectivity index (χ2n) is 5.00. The average molecular weight is 425 g/mol. The van der Waals surface area contributed by atoms with Gasteiger partial charge in [0.2, 0.25) is 5.51 Å². The molecule has 2 heterocycles. The monoisotopic (exact) mass is 425 g/mol. The minimum atomic E-state index is -4.41. The highest BCUT2D eigenvalue weighted by Gasteiger charge is 2.19. The van der Waals surface area contributed by atoms with E-state index < -0.39 is 16.1 Å². The number of thiazole rings is 1. The Hall–Kier alpha value is -1.36. The lowest BCUT2D eigenvalue weighted by Crippen LogP contribution is -2.35. The molecular formula is C12H19N4O7P2S+. The van der Waals surface area contributed by atoms with Crippen LogP contribution in [0.5, 0.6) is 0 Å². The van der Waals surface area contributed by atoms with Gasteiger partial charge < -0.3 is 20.4 Å². The molecule has 2 aromatic rings.